The van der Waals surface area contributed by atoms with Crippen LogP contribution in [0.5, 0.6) is 0 Å². The first-order valence-corrected chi connectivity index (χ1v) is 3.53. The first kappa shape index (κ1) is 15.0. The second-order valence-corrected chi connectivity index (χ2v) is 2.67. The van der Waals surface area contributed by atoms with Gasteiger partial charge in [0.1, 0.15) is 0 Å². The SMILES string of the molecule is O=C(O)C1CCCCC1.[H-].[H-].[Na+].[Na+]. The van der Waals surface area contributed by atoms with E-state index in [1.807, 2.05) is 0 Å². The number of carboxylic acid groups (broad SMARTS) is 1. The van der Waals surface area contributed by atoms with Gasteiger partial charge >= 0.3 is 65.1 Å². The molecule has 1 N–H and O–H groups in total. The van der Waals surface area contributed by atoms with Crippen molar-refractivity contribution in [1.82, 2.24) is 0 Å². The fourth-order valence-electron chi connectivity index (χ4n) is 1.35. The Labute approximate surface area is 115 Å². The van der Waals surface area contributed by atoms with E-state index in [0.717, 1.165) is 25.7 Å². The molecule has 1 saturated carbocycles. The van der Waals surface area contributed by atoms with Crippen LogP contribution in [-0.2, 0) is 4.79 Å². The van der Waals surface area contributed by atoms with E-state index in [9.17, 15) is 4.79 Å². The summed E-state index contributed by atoms with van der Waals surface area (Å²) in [5, 5.41) is 8.54. The first-order chi connectivity index (χ1) is 4.30. The Morgan fingerprint density at radius 3 is 1.91 bits per heavy atom. The van der Waals surface area contributed by atoms with Crippen LogP contribution in [0.15, 0.2) is 0 Å². The molecular weight excluding hydrogens is 162 g/mol. The molecule has 0 amide bonds. The Kier molecular flexibility index (Phi) is 11.0. The molecule has 1 aliphatic carbocycles. The van der Waals surface area contributed by atoms with Gasteiger partial charge in [-0.2, -0.15) is 0 Å². The molecule has 1 fully saturated rings. The molecule has 0 heterocycles. The molecule has 56 valence electrons. The van der Waals surface area contributed by atoms with Crippen molar-refractivity contribution in [1.29, 1.82) is 0 Å². The molecule has 4 heteroatoms. The molecule has 11 heavy (non-hydrogen) atoms. The zero-order valence-corrected chi connectivity index (χ0v) is 11.5. The fraction of sp³-hybridized carbons (Fsp3) is 0.857. The Morgan fingerprint density at radius 1 is 1.18 bits per heavy atom. The molecule has 0 unspecified atom stereocenters. The largest absolute Gasteiger partial charge is 1.00 e. The van der Waals surface area contributed by atoms with Gasteiger partial charge in [-0.15, -0.1) is 0 Å². The van der Waals surface area contributed by atoms with E-state index in [1.54, 1.807) is 0 Å². The predicted molar refractivity (Wildman–Crippen MR) is 36.4 cm³/mol. The summed E-state index contributed by atoms with van der Waals surface area (Å²) in [4.78, 5) is 10.4. The third-order valence-corrected chi connectivity index (χ3v) is 1.95. The maximum atomic E-state index is 10.4. The van der Waals surface area contributed by atoms with Crippen LogP contribution in [0.4, 0.5) is 0 Å². The van der Waals surface area contributed by atoms with Gasteiger partial charge in [0.2, 0.25) is 0 Å². The minimum Gasteiger partial charge on any atom is -1.00 e. The number of carbonyl (C=O) groups is 1. The average molecular weight is 176 g/mol. The van der Waals surface area contributed by atoms with E-state index in [2.05, 4.69) is 0 Å². The van der Waals surface area contributed by atoms with Crippen molar-refractivity contribution >= 4 is 5.97 Å². The maximum Gasteiger partial charge on any atom is 1.00 e. The van der Waals surface area contributed by atoms with Gasteiger partial charge in [-0.1, -0.05) is 19.3 Å². The van der Waals surface area contributed by atoms with Crippen LogP contribution < -0.4 is 59.1 Å². The van der Waals surface area contributed by atoms with Gasteiger partial charge in [0.15, 0.2) is 0 Å². The second-order valence-electron chi connectivity index (χ2n) is 2.67. The third-order valence-electron chi connectivity index (χ3n) is 1.95. The van der Waals surface area contributed by atoms with Gasteiger partial charge in [0, 0.05) is 0 Å². The summed E-state index contributed by atoms with van der Waals surface area (Å²) in [7, 11) is 0. The van der Waals surface area contributed by atoms with Crippen LogP contribution >= 0.6 is 0 Å². The van der Waals surface area contributed by atoms with Crippen molar-refractivity contribution in [2.75, 3.05) is 0 Å². The van der Waals surface area contributed by atoms with Crippen LogP contribution in [-0.4, -0.2) is 11.1 Å². The molecule has 0 aliphatic heterocycles. The van der Waals surface area contributed by atoms with Gasteiger partial charge in [-0.05, 0) is 12.8 Å². The smallest absolute Gasteiger partial charge is 1.00 e. The molecule has 1 rings (SSSR count). The Morgan fingerprint density at radius 2 is 1.64 bits per heavy atom. The number of hydrogen-bond acceptors (Lipinski definition) is 1. The molecule has 0 aromatic carbocycles. The van der Waals surface area contributed by atoms with Crippen LogP contribution in [0.2, 0.25) is 0 Å². The van der Waals surface area contributed by atoms with E-state index in [0.29, 0.717) is 0 Å². The van der Waals surface area contributed by atoms with E-state index < -0.39 is 5.97 Å². The molecule has 0 aromatic heterocycles. The molecule has 0 saturated heterocycles. The molecule has 2 nitrogen and oxygen atoms in total. The molecule has 1 aliphatic rings. The summed E-state index contributed by atoms with van der Waals surface area (Å²) in [5.74, 6) is -0.631. The van der Waals surface area contributed by atoms with Crippen LogP contribution in [0.25, 0.3) is 0 Å². The van der Waals surface area contributed by atoms with E-state index in [-0.39, 0.29) is 67.9 Å². The Balaban J connectivity index is -0.000000101. The van der Waals surface area contributed by atoms with Crippen molar-refractivity contribution < 1.29 is 71.9 Å². The third kappa shape index (κ3) is 5.67. The fourth-order valence-corrected chi connectivity index (χ4v) is 1.35. The van der Waals surface area contributed by atoms with Crippen molar-refractivity contribution in [3.63, 3.8) is 0 Å². The zero-order chi connectivity index (χ0) is 6.69. The summed E-state index contributed by atoms with van der Waals surface area (Å²) < 4.78 is 0. The van der Waals surface area contributed by atoms with Gasteiger partial charge in [-0.3, -0.25) is 4.79 Å². The Bertz CT molecular complexity index is 119. The van der Waals surface area contributed by atoms with E-state index >= 15 is 0 Å². The zero-order valence-electron chi connectivity index (χ0n) is 9.47. The summed E-state index contributed by atoms with van der Waals surface area (Å²) in [5.41, 5.74) is 0. The van der Waals surface area contributed by atoms with Crippen molar-refractivity contribution in [3.8, 4) is 0 Å². The number of carboxylic acids is 1. The standard InChI is InChI=1S/C7H12O2.2Na.2H/c8-7(9)6-4-2-1-3-5-6;;;;/h6H,1-5H2,(H,8,9);;;;/q;2*+1;2*-1. The number of aliphatic carboxylic acids is 1. The van der Waals surface area contributed by atoms with Crippen molar-refractivity contribution in [2.45, 2.75) is 32.1 Å². The summed E-state index contributed by atoms with van der Waals surface area (Å²) in [6.45, 7) is 0. The molecule has 0 atom stereocenters. The summed E-state index contributed by atoms with van der Waals surface area (Å²) in [6.07, 6.45) is 5.24. The molecule has 0 radical (unpaired) electrons. The van der Waals surface area contributed by atoms with Crippen molar-refractivity contribution in [3.05, 3.63) is 0 Å². The van der Waals surface area contributed by atoms with Crippen LogP contribution in [0, 0.1) is 5.92 Å². The maximum absolute atomic E-state index is 10.4. The molecular formula is C7H14Na2O2. The van der Waals surface area contributed by atoms with E-state index in [4.69, 9.17) is 5.11 Å². The molecule has 0 aromatic rings. The number of hydrogen-bond donors (Lipinski definition) is 1. The monoisotopic (exact) mass is 176 g/mol. The minimum atomic E-state index is -0.602. The summed E-state index contributed by atoms with van der Waals surface area (Å²) >= 11 is 0. The Hall–Kier alpha value is 1.47. The quantitative estimate of drug-likeness (QED) is 0.412. The predicted octanol–water partition coefficient (Wildman–Crippen LogP) is -4.12. The molecule has 0 bridgehead atoms. The topological polar surface area (TPSA) is 37.3 Å². The average Bonchev–Trinajstić information content (AvgIpc) is 1.90. The van der Waals surface area contributed by atoms with Gasteiger partial charge in [-0.25, -0.2) is 0 Å². The van der Waals surface area contributed by atoms with Crippen molar-refractivity contribution in [2.24, 2.45) is 5.92 Å². The number of rotatable bonds is 1. The van der Waals surface area contributed by atoms with Crippen LogP contribution in [0.1, 0.15) is 35.0 Å². The normalized spacial score (nSPS) is 17.8. The van der Waals surface area contributed by atoms with Gasteiger partial charge < -0.3 is 7.96 Å². The summed E-state index contributed by atoms with van der Waals surface area (Å²) in [6, 6.07) is 0. The molecule has 0 spiro atoms. The first-order valence-electron chi connectivity index (χ1n) is 3.53. The van der Waals surface area contributed by atoms with Gasteiger partial charge in [0.05, 0.1) is 5.92 Å². The second kappa shape index (κ2) is 8.09. The minimum absolute atomic E-state index is 0. The van der Waals surface area contributed by atoms with Gasteiger partial charge in [0.25, 0.3) is 0 Å². The van der Waals surface area contributed by atoms with E-state index in [1.165, 1.54) is 6.42 Å². The van der Waals surface area contributed by atoms with Crippen LogP contribution in [0.3, 0.4) is 0 Å².